The topological polar surface area (TPSA) is 46.2 Å². The Morgan fingerprint density at radius 2 is 1.39 bits per heavy atom. The Labute approximate surface area is 122 Å². The minimum absolute atomic E-state index is 0.208. The van der Waals surface area contributed by atoms with E-state index in [-0.39, 0.29) is 5.75 Å². The summed E-state index contributed by atoms with van der Waals surface area (Å²) in [6, 6.07) is 11.3. The molecular formula is C14H11Br2NO. The number of benzene rings is 2. The van der Waals surface area contributed by atoms with E-state index >= 15 is 0 Å². The second-order valence-corrected chi connectivity index (χ2v) is 5.54. The molecule has 92 valence electrons. The van der Waals surface area contributed by atoms with Crippen LogP contribution < -0.4 is 5.73 Å². The van der Waals surface area contributed by atoms with Crippen LogP contribution in [-0.4, -0.2) is 5.11 Å². The quantitative estimate of drug-likeness (QED) is 0.597. The van der Waals surface area contributed by atoms with Crippen molar-refractivity contribution in [3.05, 3.63) is 56.5 Å². The SMILES string of the molecule is Nc1ccc(/C=C/c2cc(Br)c(O)c(Br)c2)cc1. The smallest absolute Gasteiger partial charge is 0.143 e. The van der Waals surface area contributed by atoms with E-state index in [0.29, 0.717) is 8.95 Å². The third kappa shape index (κ3) is 3.15. The Bertz CT molecular complexity index is 568. The highest BCUT2D eigenvalue weighted by molar-refractivity contribution is 9.11. The highest BCUT2D eigenvalue weighted by Gasteiger charge is 2.03. The maximum absolute atomic E-state index is 9.61. The summed E-state index contributed by atoms with van der Waals surface area (Å²) < 4.78 is 1.32. The lowest BCUT2D eigenvalue weighted by Crippen LogP contribution is -1.82. The number of anilines is 1. The Hall–Kier alpha value is -1.26. The number of hydrogen-bond acceptors (Lipinski definition) is 2. The van der Waals surface area contributed by atoms with Crippen molar-refractivity contribution in [2.75, 3.05) is 5.73 Å². The molecule has 0 aliphatic rings. The molecule has 0 atom stereocenters. The van der Waals surface area contributed by atoms with Crippen molar-refractivity contribution < 1.29 is 5.11 Å². The summed E-state index contributed by atoms with van der Waals surface area (Å²) in [5.41, 5.74) is 8.44. The van der Waals surface area contributed by atoms with Crippen LogP contribution in [0.2, 0.25) is 0 Å². The average Bonchev–Trinajstić information content (AvgIpc) is 2.35. The van der Waals surface area contributed by atoms with Gasteiger partial charge in [0.25, 0.3) is 0 Å². The minimum Gasteiger partial charge on any atom is -0.506 e. The number of nitrogens with two attached hydrogens (primary N) is 1. The molecule has 4 heteroatoms. The fourth-order valence-corrected chi connectivity index (χ4v) is 2.70. The predicted molar refractivity (Wildman–Crippen MR) is 83.3 cm³/mol. The molecule has 3 N–H and O–H groups in total. The number of hydrogen-bond donors (Lipinski definition) is 2. The molecule has 0 fully saturated rings. The third-order valence-corrected chi connectivity index (χ3v) is 3.65. The van der Waals surface area contributed by atoms with E-state index in [1.54, 1.807) is 0 Å². The summed E-state index contributed by atoms with van der Waals surface area (Å²) in [7, 11) is 0. The van der Waals surface area contributed by atoms with Crippen LogP contribution in [0.25, 0.3) is 12.2 Å². The maximum Gasteiger partial charge on any atom is 0.143 e. The van der Waals surface area contributed by atoms with Crippen LogP contribution >= 0.6 is 31.9 Å². The van der Waals surface area contributed by atoms with Gasteiger partial charge in [-0.2, -0.15) is 0 Å². The lowest BCUT2D eigenvalue weighted by Gasteiger charge is -2.02. The van der Waals surface area contributed by atoms with Gasteiger partial charge in [-0.15, -0.1) is 0 Å². The van der Waals surface area contributed by atoms with E-state index in [0.717, 1.165) is 16.8 Å². The molecule has 0 saturated heterocycles. The van der Waals surface area contributed by atoms with E-state index in [9.17, 15) is 5.11 Å². The van der Waals surface area contributed by atoms with Crippen molar-refractivity contribution in [2.24, 2.45) is 0 Å². The van der Waals surface area contributed by atoms with E-state index in [1.165, 1.54) is 0 Å². The fraction of sp³-hybridized carbons (Fsp3) is 0. The molecule has 18 heavy (non-hydrogen) atoms. The summed E-state index contributed by atoms with van der Waals surface area (Å²) in [6.07, 6.45) is 3.96. The summed E-state index contributed by atoms with van der Waals surface area (Å²) in [4.78, 5) is 0. The van der Waals surface area contributed by atoms with E-state index in [2.05, 4.69) is 31.9 Å². The Balaban J connectivity index is 2.26. The normalized spacial score (nSPS) is 11.0. The van der Waals surface area contributed by atoms with Gasteiger partial charge in [0.2, 0.25) is 0 Å². The Morgan fingerprint density at radius 3 is 1.94 bits per heavy atom. The van der Waals surface area contributed by atoms with Crippen LogP contribution in [0.5, 0.6) is 5.75 Å². The molecule has 0 amide bonds. The third-order valence-electron chi connectivity index (χ3n) is 2.44. The first-order valence-corrected chi connectivity index (χ1v) is 6.86. The molecule has 0 heterocycles. The van der Waals surface area contributed by atoms with E-state index in [1.807, 2.05) is 48.6 Å². The molecular weight excluding hydrogens is 358 g/mol. The minimum atomic E-state index is 0.208. The summed E-state index contributed by atoms with van der Waals surface area (Å²) >= 11 is 6.60. The van der Waals surface area contributed by atoms with Gasteiger partial charge in [0.1, 0.15) is 5.75 Å². The zero-order chi connectivity index (χ0) is 13.1. The zero-order valence-electron chi connectivity index (χ0n) is 9.40. The van der Waals surface area contributed by atoms with E-state index in [4.69, 9.17) is 5.73 Å². The molecule has 2 aromatic rings. The van der Waals surface area contributed by atoms with Gasteiger partial charge in [-0.25, -0.2) is 0 Å². The predicted octanol–water partition coefficient (Wildman–Crippen LogP) is 4.67. The number of phenolic OH excluding ortho intramolecular Hbond substituents is 1. The van der Waals surface area contributed by atoms with Gasteiger partial charge >= 0.3 is 0 Å². The van der Waals surface area contributed by atoms with Gasteiger partial charge in [0, 0.05) is 5.69 Å². The molecule has 0 saturated carbocycles. The van der Waals surface area contributed by atoms with Crippen LogP contribution in [0.4, 0.5) is 5.69 Å². The highest BCUT2D eigenvalue weighted by Crippen LogP contribution is 2.33. The molecule has 0 unspecified atom stereocenters. The lowest BCUT2D eigenvalue weighted by atomic mass is 10.1. The average molecular weight is 369 g/mol. The first-order valence-electron chi connectivity index (χ1n) is 5.28. The first kappa shape index (κ1) is 13.2. The highest BCUT2D eigenvalue weighted by atomic mass is 79.9. The Kier molecular flexibility index (Phi) is 4.09. The van der Waals surface area contributed by atoms with Crippen LogP contribution in [0, 0.1) is 0 Å². The van der Waals surface area contributed by atoms with Crippen molar-refractivity contribution in [2.45, 2.75) is 0 Å². The molecule has 0 spiro atoms. The van der Waals surface area contributed by atoms with Gasteiger partial charge in [-0.1, -0.05) is 24.3 Å². The van der Waals surface area contributed by atoms with Gasteiger partial charge in [-0.05, 0) is 67.3 Å². The number of phenols is 1. The van der Waals surface area contributed by atoms with Gasteiger partial charge < -0.3 is 10.8 Å². The summed E-state index contributed by atoms with van der Waals surface area (Å²) in [6.45, 7) is 0. The largest absolute Gasteiger partial charge is 0.506 e. The summed E-state index contributed by atoms with van der Waals surface area (Å²) in [5, 5.41) is 9.61. The molecule has 2 aromatic carbocycles. The van der Waals surface area contributed by atoms with Gasteiger partial charge in [-0.3, -0.25) is 0 Å². The molecule has 0 aliphatic carbocycles. The number of aromatic hydroxyl groups is 1. The van der Waals surface area contributed by atoms with Crippen LogP contribution in [0.1, 0.15) is 11.1 Å². The second kappa shape index (κ2) is 5.59. The zero-order valence-corrected chi connectivity index (χ0v) is 12.6. The summed E-state index contributed by atoms with van der Waals surface area (Å²) in [5.74, 6) is 0.208. The number of nitrogen functional groups attached to an aromatic ring is 1. The van der Waals surface area contributed by atoms with Gasteiger partial charge in [0.05, 0.1) is 8.95 Å². The molecule has 2 rings (SSSR count). The van der Waals surface area contributed by atoms with Gasteiger partial charge in [0.15, 0.2) is 0 Å². The van der Waals surface area contributed by atoms with E-state index < -0.39 is 0 Å². The molecule has 0 aliphatic heterocycles. The maximum atomic E-state index is 9.61. The number of halogens is 2. The first-order chi connectivity index (χ1) is 8.56. The van der Waals surface area contributed by atoms with Crippen molar-refractivity contribution >= 4 is 49.7 Å². The molecule has 0 bridgehead atoms. The molecule has 0 radical (unpaired) electrons. The lowest BCUT2D eigenvalue weighted by molar-refractivity contribution is 0.468. The molecule has 0 aromatic heterocycles. The van der Waals surface area contributed by atoms with Crippen molar-refractivity contribution in [1.29, 1.82) is 0 Å². The fourth-order valence-electron chi connectivity index (χ4n) is 1.48. The Morgan fingerprint density at radius 1 is 0.889 bits per heavy atom. The van der Waals surface area contributed by atoms with Crippen molar-refractivity contribution in [1.82, 2.24) is 0 Å². The molecule has 2 nitrogen and oxygen atoms in total. The van der Waals surface area contributed by atoms with Crippen LogP contribution in [0.15, 0.2) is 45.3 Å². The van der Waals surface area contributed by atoms with Crippen molar-refractivity contribution in [3.63, 3.8) is 0 Å². The monoisotopic (exact) mass is 367 g/mol. The van der Waals surface area contributed by atoms with Crippen LogP contribution in [-0.2, 0) is 0 Å². The second-order valence-electron chi connectivity index (χ2n) is 3.83. The van der Waals surface area contributed by atoms with Crippen LogP contribution in [0.3, 0.4) is 0 Å². The standard InChI is InChI=1S/C14H11Br2NO/c15-12-7-10(8-13(16)14(12)18)2-1-9-3-5-11(17)6-4-9/h1-8,18H,17H2/b2-1+. The number of rotatable bonds is 2. The van der Waals surface area contributed by atoms with Crippen molar-refractivity contribution in [3.8, 4) is 5.75 Å².